The summed E-state index contributed by atoms with van der Waals surface area (Å²) in [5.74, 6) is 1.43. The Morgan fingerprint density at radius 2 is 2.04 bits per heavy atom. The monoisotopic (exact) mass is 372 g/mol. The highest BCUT2D eigenvalue weighted by Crippen LogP contribution is 2.38. The molecule has 148 valence electrons. The van der Waals surface area contributed by atoms with Crippen LogP contribution >= 0.6 is 0 Å². The predicted octanol–water partition coefficient (Wildman–Crippen LogP) is 3.57. The molecule has 1 aromatic heterocycles. The average molecular weight is 373 g/mol. The number of aromatic nitrogens is 1. The van der Waals surface area contributed by atoms with Gasteiger partial charge in [0.25, 0.3) is 0 Å². The van der Waals surface area contributed by atoms with Crippen LogP contribution < -0.4 is 0 Å². The fraction of sp³-hybridized carbons (Fsp3) is 0.727. The summed E-state index contributed by atoms with van der Waals surface area (Å²) in [6, 6.07) is 5.89. The highest BCUT2D eigenvalue weighted by atomic mass is 16.6. The van der Waals surface area contributed by atoms with Gasteiger partial charge in [-0.3, -0.25) is 9.78 Å². The molecule has 1 atom stereocenters. The highest BCUT2D eigenvalue weighted by molar-refractivity contribution is 5.79. The Balaban J connectivity index is 1.23. The molecule has 1 saturated carbocycles. The van der Waals surface area contributed by atoms with Crippen LogP contribution in [0.3, 0.4) is 0 Å². The molecule has 2 aliphatic heterocycles. The SMILES string of the molecule is CC1CCC(C(=O)N2CCC3(CC2)CC(OCc2ccccn2)CO3)CC1. The van der Waals surface area contributed by atoms with Crippen molar-refractivity contribution in [2.75, 3.05) is 19.7 Å². The second-order valence-corrected chi connectivity index (χ2v) is 8.73. The molecular weight excluding hydrogens is 340 g/mol. The van der Waals surface area contributed by atoms with E-state index in [2.05, 4.69) is 16.8 Å². The molecule has 4 rings (SSSR count). The van der Waals surface area contributed by atoms with Crippen molar-refractivity contribution in [3.8, 4) is 0 Å². The number of ether oxygens (including phenoxy) is 2. The fourth-order valence-corrected chi connectivity index (χ4v) is 4.84. The van der Waals surface area contributed by atoms with Crippen molar-refractivity contribution in [1.82, 2.24) is 9.88 Å². The summed E-state index contributed by atoms with van der Waals surface area (Å²) in [6.07, 6.45) is 9.28. The van der Waals surface area contributed by atoms with Gasteiger partial charge in [0.1, 0.15) is 0 Å². The molecule has 2 saturated heterocycles. The third-order valence-corrected chi connectivity index (χ3v) is 6.72. The second-order valence-electron chi connectivity index (χ2n) is 8.73. The van der Waals surface area contributed by atoms with Crippen LogP contribution in [0.15, 0.2) is 24.4 Å². The van der Waals surface area contributed by atoms with Crippen molar-refractivity contribution in [1.29, 1.82) is 0 Å². The zero-order valence-electron chi connectivity index (χ0n) is 16.4. The standard InChI is InChI=1S/C22H32N2O3/c1-17-5-7-18(8-6-17)21(25)24-12-9-22(10-13-24)14-20(16-27-22)26-15-19-4-2-3-11-23-19/h2-4,11,17-18,20H,5-10,12-16H2,1H3. The summed E-state index contributed by atoms with van der Waals surface area (Å²) in [5.41, 5.74) is 0.868. The van der Waals surface area contributed by atoms with Crippen molar-refractivity contribution >= 4 is 5.91 Å². The van der Waals surface area contributed by atoms with E-state index in [1.54, 1.807) is 6.20 Å². The molecule has 5 nitrogen and oxygen atoms in total. The fourth-order valence-electron chi connectivity index (χ4n) is 4.84. The molecule has 0 aromatic carbocycles. The number of pyridine rings is 1. The topological polar surface area (TPSA) is 51.7 Å². The molecule has 27 heavy (non-hydrogen) atoms. The molecule has 0 N–H and O–H groups in total. The van der Waals surface area contributed by atoms with Gasteiger partial charge in [0.05, 0.1) is 30.6 Å². The molecule has 0 radical (unpaired) electrons. The van der Waals surface area contributed by atoms with Crippen molar-refractivity contribution in [2.45, 2.75) is 70.2 Å². The van der Waals surface area contributed by atoms with Gasteiger partial charge in [-0.1, -0.05) is 13.0 Å². The minimum atomic E-state index is -0.0906. The Labute approximate surface area is 162 Å². The molecule has 3 heterocycles. The minimum Gasteiger partial charge on any atom is -0.372 e. The predicted molar refractivity (Wildman–Crippen MR) is 103 cm³/mol. The molecule has 1 spiro atoms. The average Bonchev–Trinajstić information content (AvgIpc) is 3.10. The van der Waals surface area contributed by atoms with Gasteiger partial charge in [-0.25, -0.2) is 0 Å². The number of nitrogens with zero attached hydrogens (tertiary/aromatic N) is 2. The third kappa shape index (κ3) is 4.52. The molecule has 1 unspecified atom stereocenters. The van der Waals surface area contributed by atoms with Crippen LogP contribution in [-0.4, -0.2) is 47.2 Å². The number of carbonyl (C=O) groups excluding carboxylic acids is 1. The summed E-state index contributed by atoms with van der Waals surface area (Å²) >= 11 is 0. The van der Waals surface area contributed by atoms with Crippen molar-refractivity contribution in [3.63, 3.8) is 0 Å². The molecular formula is C22H32N2O3. The number of rotatable bonds is 4. The smallest absolute Gasteiger partial charge is 0.225 e. The Bertz CT molecular complexity index is 620. The number of hydrogen-bond acceptors (Lipinski definition) is 4. The summed E-state index contributed by atoms with van der Waals surface area (Å²) < 4.78 is 12.2. The highest BCUT2D eigenvalue weighted by Gasteiger charge is 2.44. The van der Waals surface area contributed by atoms with Crippen molar-refractivity contribution in [3.05, 3.63) is 30.1 Å². The second kappa shape index (κ2) is 8.27. The van der Waals surface area contributed by atoms with E-state index in [4.69, 9.17) is 9.47 Å². The summed E-state index contributed by atoms with van der Waals surface area (Å²) in [7, 11) is 0. The van der Waals surface area contributed by atoms with Crippen LogP contribution in [0.4, 0.5) is 0 Å². The Kier molecular flexibility index (Phi) is 5.79. The van der Waals surface area contributed by atoms with E-state index in [-0.39, 0.29) is 17.6 Å². The van der Waals surface area contributed by atoms with Crippen LogP contribution in [-0.2, 0) is 20.9 Å². The summed E-state index contributed by atoms with van der Waals surface area (Å²) in [4.78, 5) is 19.2. The van der Waals surface area contributed by atoms with Crippen LogP contribution in [0.2, 0.25) is 0 Å². The number of hydrogen-bond donors (Lipinski definition) is 0. The first-order valence-electron chi connectivity index (χ1n) is 10.6. The van der Waals surface area contributed by atoms with Gasteiger partial charge >= 0.3 is 0 Å². The van der Waals surface area contributed by atoms with E-state index >= 15 is 0 Å². The Morgan fingerprint density at radius 3 is 2.74 bits per heavy atom. The van der Waals surface area contributed by atoms with Crippen molar-refractivity contribution < 1.29 is 14.3 Å². The van der Waals surface area contributed by atoms with Crippen LogP contribution in [0, 0.1) is 11.8 Å². The molecule has 0 bridgehead atoms. The molecule has 1 aliphatic carbocycles. The van der Waals surface area contributed by atoms with Gasteiger partial charge < -0.3 is 14.4 Å². The zero-order valence-corrected chi connectivity index (χ0v) is 16.4. The molecule has 1 amide bonds. The largest absolute Gasteiger partial charge is 0.372 e. The Morgan fingerprint density at radius 1 is 1.26 bits per heavy atom. The van der Waals surface area contributed by atoms with E-state index in [1.807, 2.05) is 18.2 Å². The van der Waals surface area contributed by atoms with Gasteiger partial charge in [-0.05, 0) is 56.6 Å². The number of piperidine rings is 1. The van der Waals surface area contributed by atoms with Crippen LogP contribution in [0.1, 0.15) is 57.6 Å². The van der Waals surface area contributed by atoms with Gasteiger partial charge in [0.15, 0.2) is 0 Å². The lowest BCUT2D eigenvalue weighted by molar-refractivity contribution is -0.141. The van der Waals surface area contributed by atoms with E-state index in [0.29, 0.717) is 19.1 Å². The first-order chi connectivity index (χ1) is 13.1. The van der Waals surface area contributed by atoms with Gasteiger partial charge in [-0.15, -0.1) is 0 Å². The van der Waals surface area contributed by atoms with Crippen LogP contribution in [0.5, 0.6) is 0 Å². The quantitative estimate of drug-likeness (QED) is 0.811. The number of likely N-dealkylation sites (tertiary alicyclic amines) is 1. The Hall–Kier alpha value is -1.46. The van der Waals surface area contributed by atoms with Gasteiger partial charge in [-0.2, -0.15) is 0 Å². The first kappa shape index (κ1) is 18.9. The summed E-state index contributed by atoms with van der Waals surface area (Å²) in [5, 5.41) is 0. The van der Waals surface area contributed by atoms with Crippen LogP contribution in [0.25, 0.3) is 0 Å². The van der Waals surface area contributed by atoms with Gasteiger partial charge in [0, 0.05) is 31.6 Å². The normalized spacial score (nSPS) is 30.6. The molecule has 3 fully saturated rings. The molecule has 1 aromatic rings. The number of carbonyl (C=O) groups is 1. The van der Waals surface area contributed by atoms with E-state index in [1.165, 1.54) is 12.8 Å². The molecule has 3 aliphatic rings. The number of amides is 1. The minimum absolute atomic E-state index is 0.0906. The van der Waals surface area contributed by atoms with E-state index in [9.17, 15) is 4.79 Å². The lowest BCUT2D eigenvalue weighted by atomic mass is 9.81. The van der Waals surface area contributed by atoms with Gasteiger partial charge in [0.2, 0.25) is 5.91 Å². The van der Waals surface area contributed by atoms with E-state index in [0.717, 1.165) is 56.8 Å². The maximum absolute atomic E-state index is 12.8. The zero-order chi connectivity index (χ0) is 18.7. The molecule has 5 heteroatoms. The van der Waals surface area contributed by atoms with E-state index < -0.39 is 0 Å². The maximum atomic E-state index is 12.8. The maximum Gasteiger partial charge on any atom is 0.225 e. The lowest BCUT2D eigenvalue weighted by Gasteiger charge is -2.40. The third-order valence-electron chi connectivity index (χ3n) is 6.72. The van der Waals surface area contributed by atoms with Crippen molar-refractivity contribution in [2.24, 2.45) is 11.8 Å². The lowest BCUT2D eigenvalue weighted by Crippen LogP contribution is -2.48. The summed E-state index contributed by atoms with van der Waals surface area (Å²) in [6.45, 7) is 5.15. The first-order valence-corrected chi connectivity index (χ1v) is 10.6.